The fraction of sp³-hybridized carbons (Fsp3) is 0.429. The lowest BCUT2D eigenvalue weighted by molar-refractivity contribution is 0.0185. The Labute approximate surface area is 107 Å². The second-order valence-corrected chi connectivity index (χ2v) is 4.90. The van der Waals surface area contributed by atoms with Crippen molar-refractivity contribution >= 4 is 16.7 Å². The molecule has 0 atom stereocenters. The van der Waals surface area contributed by atoms with Crippen molar-refractivity contribution < 1.29 is 4.74 Å². The number of nitrogens with one attached hydrogen (secondary N) is 1. The van der Waals surface area contributed by atoms with Gasteiger partial charge in [0.15, 0.2) is 0 Å². The molecule has 0 spiro atoms. The summed E-state index contributed by atoms with van der Waals surface area (Å²) in [6, 6.07) is 6.02. The van der Waals surface area contributed by atoms with Crippen LogP contribution in [0.5, 0.6) is 0 Å². The van der Waals surface area contributed by atoms with E-state index in [4.69, 9.17) is 4.74 Å². The number of anilines is 1. The lowest BCUT2D eigenvalue weighted by atomic mass is 10.1. The Balaban J connectivity index is 2.00. The van der Waals surface area contributed by atoms with Crippen molar-refractivity contribution in [3.05, 3.63) is 30.6 Å². The zero-order valence-corrected chi connectivity index (χ0v) is 11.1. The van der Waals surface area contributed by atoms with Gasteiger partial charge in [-0.05, 0) is 38.5 Å². The fourth-order valence-corrected chi connectivity index (χ4v) is 1.68. The number of nitrogens with zero attached hydrogens (tertiary/aromatic N) is 2. The molecule has 0 saturated heterocycles. The molecule has 18 heavy (non-hydrogen) atoms. The van der Waals surface area contributed by atoms with Crippen molar-refractivity contribution in [1.82, 2.24) is 9.97 Å². The number of methoxy groups -OCH3 is 1. The molecule has 2 rings (SSSR count). The molecule has 0 amide bonds. The largest absolute Gasteiger partial charge is 0.385 e. The van der Waals surface area contributed by atoms with E-state index in [1.54, 1.807) is 19.5 Å². The van der Waals surface area contributed by atoms with Gasteiger partial charge in [0.2, 0.25) is 0 Å². The Kier molecular flexibility index (Phi) is 3.77. The molecule has 0 unspecified atom stereocenters. The monoisotopic (exact) mass is 245 g/mol. The molecule has 0 saturated carbocycles. The van der Waals surface area contributed by atoms with Crippen LogP contribution in [-0.4, -0.2) is 29.2 Å². The SMILES string of the molecule is COC(C)(C)CCNc1ccc2nccnc2c1. The van der Waals surface area contributed by atoms with Crippen LogP contribution in [0.1, 0.15) is 20.3 Å². The van der Waals surface area contributed by atoms with Gasteiger partial charge in [-0.15, -0.1) is 0 Å². The molecule has 96 valence electrons. The van der Waals surface area contributed by atoms with Crippen LogP contribution < -0.4 is 5.32 Å². The second kappa shape index (κ2) is 5.31. The molecule has 1 N–H and O–H groups in total. The number of benzene rings is 1. The van der Waals surface area contributed by atoms with E-state index in [-0.39, 0.29) is 5.60 Å². The quantitative estimate of drug-likeness (QED) is 0.880. The molecule has 1 heterocycles. The molecular weight excluding hydrogens is 226 g/mol. The molecule has 1 aromatic heterocycles. The highest BCUT2D eigenvalue weighted by Crippen LogP contribution is 2.17. The van der Waals surface area contributed by atoms with Crippen LogP contribution in [0.3, 0.4) is 0 Å². The van der Waals surface area contributed by atoms with Gasteiger partial charge in [-0.2, -0.15) is 0 Å². The second-order valence-electron chi connectivity index (χ2n) is 4.90. The summed E-state index contributed by atoms with van der Waals surface area (Å²) in [5.41, 5.74) is 2.80. The van der Waals surface area contributed by atoms with Crippen LogP contribution in [0.4, 0.5) is 5.69 Å². The molecule has 0 radical (unpaired) electrons. The van der Waals surface area contributed by atoms with Crippen molar-refractivity contribution in [2.45, 2.75) is 25.9 Å². The lowest BCUT2D eigenvalue weighted by Crippen LogP contribution is -2.25. The third-order valence-corrected chi connectivity index (χ3v) is 3.08. The topological polar surface area (TPSA) is 47.0 Å². The molecule has 4 heteroatoms. The molecule has 2 aromatic rings. The predicted octanol–water partition coefficient (Wildman–Crippen LogP) is 2.86. The number of aromatic nitrogens is 2. The van der Waals surface area contributed by atoms with Crippen LogP contribution in [0, 0.1) is 0 Å². The van der Waals surface area contributed by atoms with Gasteiger partial charge >= 0.3 is 0 Å². The van der Waals surface area contributed by atoms with Crippen LogP contribution >= 0.6 is 0 Å². The summed E-state index contributed by atoms with van der Waals surface area (Å²) in [5, 5.41) is 3.38. The van der Waals surface area contributed by atoms with Gasteiger partial charge in [0.25, 0.3) is 0 Å². The van der Waals surface area contributed by atoms with E-state index < -0.39 is 0 Å². The minimum atomic E-state index is -0.0936. The maximum absolute atomic E-state index is 5.38. The van der Waals surface area contributed by atoms with Crippen molar-refractivity contribution in [2.24, 2.45) is 0 Å². The molecule has 1 aromatic carbocycles. The molecule has 4 nitrogen and oxygen atoms in total. The molecule has 0 aliphatic carbocycles. The zero-order chi connectivity index (χ0) is 13.0. The minimum absolute atomic E-state index is 0.0936. The summed E-state index contributed by atoms with van der Waals surface area (Å²) in [6.07, 6.45) is 4.36. The van der Waals surface area contributed by atoms with Gasteiger partial charge in [-0.3, -0.25) is 9.97 Å². The molecule has 0 aliphatic heterocycles. The summed E-state index contributed by atoms with van der Waals surface area (Å²) in [5.74, 6) is 0. The summed E-state index contributed by atoms with van der Waals surface area (Å²) in [7, 11) is 1.74. The van der Waals surface area contributed by atoms with Gasteiger partial charge in [0, 0.05) is 31.7 Å². The average molecular weight is 245 g/mol. The fourth-order valence-electron chi connectivity index (χ4n) is 1.68. The highest BCUT2D eigenvalue weighted by Gasteiger charge is 2.15. The maximum Gasteiger partial charge on any atom is 0.0907 e. The third-order valence-electron chi connectivity index (χ3n) is 3.08. The lowest BCUT2D eigenvalue weighted by Gasteiger charge is -2.23. The highest BCUT2D eigenvalue weighted by molar-refractivity contribution is 5.78. The molecule has 0 aliphatic rings. The number of hydrogen-bond donors (Lipinski definition) is 1. The van der Waals surface area contributed by atoms with Gasteiger partial charge < -0.3 is 10.1 Å². The van der Waals surface area contributed by atoms with Gasteiger partial charge in [-0.1, -0.05) is 0 Å². The molecule has 0 fully saturated rings. The first-order valence-electron chi connectivity index (χ1n) is 6.10. The van der Waals surface area contributed by atoms with E-state index in [1.807, 2.05) is 18.2 Å². The van der Waals surface area contributed by atoms with Crippen LogP contribution in [0.25, 0.3) is 11.0 Å². The van der Waals surface area contributed by atoms with E-state index >= 15 is 0 Å². The minimum Gasteiger partial charge on any atom is -0.385 e. The number of fused-ring (bicyclic) bond motifs is 1. The van der Waals surface area contributed by atoms with Crippen LogP contribution in [-0.2, 0) is 4.74 Å². The van der Waals surface area contributed by atoms with Gasteiger partial charge in [0.05, 0.1) is 16.6 Å². The predicted molar refractivity (Wildman–Crippen MR) is 73.7 cm³/mol. The zero-order valence-electron chi connectivity index (χ0n) is 11.1. The Bertz CT molecular complexity index is 525. The van der Waals surface area contributed by atoms with Crippen molar-refractivity contribution in [2.75, 3.05) is 19.0 Å². The first kappa shape index (κ1) is 12.8. The number of hydrogen-bond acceptors (Lipinski definition) is 4. The van der Waals surface area contributed by atoms with Crippen molar-refractivity contribution in [3.8, 4) is 0 Å². The third kappa shape index (κ3) is 3.17. The Morgan fingerprint density at radius 2 is 1.89 bits per heavy atom. The van der Waals surface area contributed by atoms with Crippen molar-refractivity contribution in [3.63, 3.8) is 0 Å². The molecular formula is C14H19N3O. The van der Waals surface area contributed by atoms with Gasteiger partial charge in [-0.25, -0.2) is 0 Å². The van der Waals surface area contributed by atoms with Crippen LogP contribution in [0.2, 0.25) is 0 Å². The normalized spacial score (nSPS) is 11.7. The highest BCUT2D eigenvalue weighted by atomic mass is 16.5. The first-order chi connectivity index (χ1) is 8.61. The summed E-state index contributed by atoms with van der Waals surface area (Å²) < 4.78 is 5.38. The summed E-state index contributed by atoms with van der Waals surface area (Å²) in [4.78, 5) is 8.53. The summed E-state index contributed by atoms with van der Waals surface area (Å²) >= 11 is 0. The maximum atomic E-state index is 5.38. The summed E-state index contributed by atoms with van der Waals surface area (Å²) in [6.45, 7) is 5.04. The standard InChI is InChI=1S/C14H19N3O/c1-14(2,18-3)6-7-15-11-4-5-12-13(10-11)17-9-8-16-12/h4-5,8-10,15H,6-7H2,1-3H3. The average Bonchev–Trinajstić information content (AvgIpc) is 2.38. The van der Waals surface area contributed by atoms with E-state index in [9.17, 15) is 0 Å². The number of ether oxygens (including phenoxy) is 1. The number of rotatable bonds is 5. The van der Waals surface area contributed by atoms with E-state index in [0.29, 0.717) is 0 Å². The van der Waals surface area contributed by atoms with Gasteiger partial charge in [0.1, 0.15) is 0 Å². The Hall–Kier alpha value is -1.68. The van der Waals surface area contributed by atoms with E-state index in [0.717, 1.165) is 29.7 Å². The van der Waals surface area contributed by atoms with E-state index in [2.05, 4.69) is 29.1 Å². The Morgan fingerprint density at radius 1 is 1.17 bits per heavy atom. The first-order valence-corrected chi connectivity index (χ1v) is 6.10. The molecule has 0 bridgehead atoms. The van der Waals surface area contributed by atoms with Crippen molar-refractivity contribution in [1.29, 1.82) is 0 Å². The Morgan fingerprint density at radius 3 is 2.61 bits per heavy atom. The van der Waals surface area contributed by atoms with E-state index in [1.165, 1.54) is 0 Å². The van der Waals surface area contributed by atoms with Crippen LogP contribution in [0.15, 0.2) is 30.6 Å². The smallest absolute Gasteiger partial charge is 0.0907 e.